The van der Waals surface area contributed by atoms with E-state index in [0.29, 0.717) is 9.23 Å². The van der Waals surface area contributed by atoms with E-state index in [2.05, 4.69) is 6.92 Å². The molecule has 0 spiro atoms. The maximum atomic E-state index is 12.6. The van der Waals surface area contributed by atoms with Gasteiger partial charge in [0.05, 0.1) is 4.91 Å². The first-order valence-corrected chi connectivity index (χ1v) is 8.66. The Morgan fingerprint density at radius 2 is 1.96 bits per heavy atom. The van der Waals surface area contributed by atoms with Crippen molar-refractivity contribution in [1.82, 2.24) is 4.90 Å². The maximum absolute atomic E-state index is 12.6. The van der Waals surface area contributed by atoms with Crippen LogP contribution in [0.15, 0.2) is 29.2 Å². The van der Waals surface area contributed by atoms with E-state index in [9.17, 15) is 14.7 Å². The molecule has 1 aromatic rings. The molecule has 1 amide bonds. The summed E-state index contributed by atoms with van der Waals surface area (Å²) in [7, 11) is 0. The van der Waals surface area contributed by atoms with Gasteiger partial charge >= 0.3 is 5.97 Å². The Hall–Kier alpha value is -1.66. The molecule has 6 heteroatoms. The van der Waals surface area contributed by atoms with Crippen LogP contribution >= 0.6 is 24.0 Å². The molecule has 1 fully saturated rings. The van der Waals surface area contributed by atoms with Crippen molar-refractivity contribution in [2.24, 2.45) is 5.92 Å². The first-order valence-electron chi connectivity index (χ1n) is 7.44. The quantitative estimate of drug-likeness (QED) is 0.651. The number of benzene rings is 1. The van der Waals surface area contributed by atoms with Gasteiger partial charge in [-0.2, -0.15) is 0 Å². The Morgan fingerprint density at radius 3 is 2.43 bits per heavy atom. The van der Waals surface area contributed by atoms with Gasteiger partial charge in [-0.05, 0) is 29.5 Å². The fourth-order valence-corrected chi connectivity index (χ4v) is 3.74. The first kappa shape index (κ1) is 17.7. The topological polar surface area (TPSA) is 57.6 Å². The summed E-state index contributed by atoms with van der Waals surface area (Å²) in [5.41, 5.74) is 2.12. The Balaban J connectivity index is 2.29. The first-order chi connectivity index (χ1) is 10.8. The molecule has 0 radical (unpaired) electrons. The summed E-state index contributed by atoms with van der Waals surface area (Å²) >= 11 is 6.38. The van der Waals surface area contributed by atoms with Crippen LogP contribution in [-0.4, -0.2) is 32.2 Å². The van der Waals surface area contributed by atoms with Crippen molar-refractivity contribution in [1.29, 1.82) is 0 Å². The Labute approximate surface area is 145 Å². The average molecular weight is 349 g/mol. The van der Waals surface area contributed by atoms with Crippen LogP contribution in [0.3, 0.4) is 0 Å². The molecule has 1 atom stereocenters. The lowest BCUT2D eigenvalue weighted by atomic mass is 10.0. The third-order valence-electron chi connectivity index (χ3n) is 3.67. The molecule has 2 rings (SSSR count). The SMILES string of the molecule is CCc1ccc(/C=C2\SC(=S)N([C@H](C(=O)O)C(C)C)C2=O)cc1. The second kappa shape index (κ2) is 7.27. The van der Waals surface area contributed by atoms with Crippen LogP contribution in [0, 0.1) is 5.92 Å². The van der Waals surface area contributed by atoms with E-state index in [1.807, 2.05) is 24.3 Å². The number of thiocarbonyl (C=S) groups is 1. The third-order valence-corrected chi connectivity index (χ3v) is 5.00. The number of hydrogen-bond acceptors (Lipinski definition) is 4. The number of hydrogen-bond donors (Lipinski definition) is 1. The Morgan fingerprint density at radius 1 is 1.35 bits per heavy atom. The third kappa shape index (κ3) is 3.82. The molecule has 0 bridgehead atoms. The number of amides is 1. The zero-order chi connectivity index (χ0) is 17.1. The summed E-state index contributed by atoms with van der Waals surface area (Å²) in [5.74, 6) is -1.59. The molecule has 1 saturated heterocycles. The smallest absolute Gasteiger partial charge is 0.327 e. The summed E-state index contributed by atoms with van der Waals surface area (Å²) in [6.07, 6.45) is 2.72. The maximum Gasteiger partial charge on any atom is 0.327 e. The lowest BCUT2D eigenvalue weighted by molar-refractivity contribution is -0.146. The number of carbonyl (C=O) groups is 2. The standard InChI is InChI=1S/C17H19NO3S2/c1-4-11-5-7-12(8-6-11)9-13-15(19)18(17(22)23-13)14(10(2)3)16(20)21/h5-10,14H,4H2,1-3H3,(H,20,21)/b13-9-/t14-/m0/s1. The van der Waals surface area contributed by atoms with Crippen LogP contribution in [0.4, 0.5) is 0 Å². The highest BCUT2D eigenvalue weighted by atomic mass is 32.2. The zero-order valence-corrected chi connectivity index (χ0v) is 14.9. The van der Waals surface area contributed by atoms with Crippen molar-refractivity contribution in [2.45, 2.75) is 33.2 Å². The summed E-state index contributed by atoms with van der Waals surface area (Å²) in [6, 6.07) is 6.99. The predicted octanol–water partition coefficient (Wildman–Crippen LogP) is 3.56. The second-order valence-electron chi connectivity index (χ2n) is 5.67. The van der Waals surface area contributed by atoms with Gasteiger partial charge in [-0.25, -0.2) is 4.79 Å². The van der Waals surface area contributed by atoms with Gasteiger partial charge in [-0.15, -0.1) is 0 Å². The molecule has 0 aromatic heterocycles. The van der Waals surface area contributed by atoms with Crippen molar-refractivity contribution < 1.29 is 14.7 Å². The van der Waals surface area contributed by atoms with Gasteiger partial charge in [-0.1, -0.05) is 69.0 Å². The van der Waals surface area contributed by atoms with Crippen LogP contribution in [0.25, 0.3) is 6.08 Å². The van der Waals surface area contributed by atoms with Gasteiger partial charge < -0.3 is 5.11 Å². The minimum Gasteiger partial charge on any atom is -0.480 e. The number of carbonyl (C=O) groups excluding carboxylic acids is 1. The summed E-state index contributed by atoms with van der Waals surface area (Å²) < 4.78 is 0.299. The van der Waals surface area contributed by atoms with Crippen LogP contribution < -0.4 is 0 Å². The van der Waals surface area contributed by atoms with Crippen LogP contribution in [0.5, 0.6) is 0 Å². The van der Waals surface area contributed by atoms with Gasteiger partial charge in [0.25, 0.3) is 5.91 Å². The van der Waals surface area contributed by atoms with E-state index < -0.39 is 12.0 Å². The van der Waals surface area contributed by atoms with Crippen LogP contribution in [-0.2, 0) is 16.0 Å². The molecule has 4 nitrogen and oxygen atoms in total. The molecule has 1 aliphatic rings. The lowest BCUT2D eigenvalue weighted by Gasteiger charge is -2.26. The molecule has 122 valence electrons. The van der Waals surface area contributed by atoms with Gasteiger partial charge in [0.2, 0.25) is 0 Å². The number of nitrogens with zero attached hydrogens (tertiary/aromatic N) is 1. The van der Waals surface area contributed by atoms with Crippen LogP contribution in [0.2, 0.25) is 0 Å². The predicted molar refractivity (Wildman–Crippen MR) is 97.1 cm³/mol. The highest BCUT2D eigenvalue weighted by molar-refractivity contribution is 8.26. The van der Waals surface area contributed by atoms with Crippen molar-refractivity contribution in [3.05, 3.63) is 40.3 Å². The Kier molecular flexibility index (Phi) is 5.59. The average Bonchev–Trinajstić information content (AvgIpc) is 2.75. The van der Waals surface area contributed by atoms with Crippen molar-refractivity contribution in [2.75, 3.05) is 0 Å². The molecular formula is C17H19NO3S2. The molecule has 1 aliphatic heterocycles. The summed E-state index contributed by atoms with van der Waals surface area (Å²) in [6.45, 7) is 5.62. The number of aliphatic carboxylic acids is 1. The fraction of sp³-hybridized carbons (Fsp3) is 0.353. The minimum absolute atomic E-state index is 0.224. The molecule has 0 unspecified atom stereocenters. The summed E-state index contributed by atoms with van der Waals surface area (Å²) in [4.78, 5) is 25.7. The van der Waals surface area contributed by atoms with Gasteiger partial charge in [0, 0.05) is 0 Å². The van der Waals surface area contributed by atoms with Crippen molar-refractivity contribution in [3.8, 4) is 0 Å². The van der Waals surface area contributed by atoms with E-state index >= 15 is 0 Å². The number of thioether (sulfide) groups is 1. The van der Waals surface area contributed by atoms with E-state index in [4.69, 9.17) is 12.2 Å². The van der Waals surface area contributed by atoms with Crippen LogP contribution in [0.1, 0.15) is 31.9 Å². The van der Waals surface area contributed by atoms with E-state index in [0.717, 1.165) is 23.7 Å². The van der Waals surface area contributed by atoms with Crippen molar-refractivity contribution in [3.63, 3.8) is 0 Å². The molecule has 0 aliphatic carbocycles. The fourth-order valence-electron chi connectivity index (χ4n) is 2.41. The number of carboxylic acid groups (broad SMARTS) is 1. The van der Waals surface area contributed by atoms with E-state index in [1.54, 1.807) is 19.9 Å². The van der Waals surface area contributed by atoms with E-state index in [-0.39, 0.29) is 11.8 Å². The highest BCUT2D eigenvalue weighted by Crippen LogP contribution is 2.35. The number of rotatable bonds is 5. The molecule has 23 heavy (non-hydrogen) atoms. The van der Waals surface area contributed by atoms with Gasteiger partial charge in [-0.3, -0.25) is 9.69 Å². The molecule has 1 aromatic carbocycles. The molecule has 1 heterocycles. The van der Waals surface area contributed by atoms with Crippen molar-refractivity contribution >= 4 is 46.3 Å². The number of aryl methyl sites for hydroxylation is 1. The number of carboxylic acids is 1. The normalized spacial score (nSPS) is 18.1. The lowest BCUT2D eigenvalue weighted by Crippen LogP contribution is -2.47. The summed E-state index contributed by atoms with van der Waals surface area (Å²) in [5, 5.41) is 9.39. The van der Waals surface area contributed by atoms with Gasteiger partial charge in [0.15, 0.2) is 0 Å². The van der Waals surface area contributed by atoms with E-state index in [1.165, 1.54) is 10.5 Å². The van der Waals surface area contributed by atoms with Gasteiger partial charge in [0.1, 0.15) is 10.4 Å². The minimum atomic E-state index is -1.04. The largest absolute Gasteiger partial charge is 0.480 e. The Bertz CT molecular complexity index is 665. The second-order valence-corrected chi connectivity index (χ2v) is 7.35. The monoisotopic (exact) mass is 349 g/mol. The molecular weight excluding hydrogens is 330 g/mol. The molecule has 0 saturated carbocycles. The zero-order valence-electron chi connectivity index (χ0n) is 13.3. The molecule has 1 N–H and O–H groups in total. The highest BCUT2D eigenvalue weighted by Gasteiger charge is 2.41.